The fraction of sp³-hybridized carbons (Fsp3) is 0.316. The molecule has 2 aliphatic rings. The number of piperidine rings is 1. The van der Waals surface area contributed by atoms with Crippen molar-refractivity contribution in [3.63, 3.8) is 0 Å². The molecule has 0 radical (unpaired) electrons. The summed E-state index contributed by atoms with van der Waals surface area (Å²) < 4.78 is 15.1. The average molecular weight is 433 g/mol. The lowest BCUT2D eigenvalue weighted by atomic mass is 9.91. The van der Waals surface area contributed by atoms with Gasteiger partial charge >= 0.3 is 0 Å². The van der Waals surface area contributed by atoms with E-state index in [2.05, 4.69) is 20.2 Å². The van der Waals surface area contributed by atoms with Crippen LogP contribution in [0.5, 0.6) is 0 Å². The number of carbonyl (C=O) groups excluding carboxylic acids is 1. The molecule has 148 valence electrons. The highest BCUT2D eigenvalue weighted by atomic mass is 35.5. The summed E-state index contributed by atoms with van der Waals surface area (Å²) in [6, 6.07) is 4.63. The van der Waals surface area contributed by atoms with E-state index in [0.717, 1.165) is 31.7 Å². The first-order valence-corrected chi connectivity index (χ1v) is 9.97. The maximum absolute atomic E-state index is 13.3. The second kappa shape index (κ2) is 7.03. The second-order valence-corrected chi connectivity index (χ2v) is 8.00. The number of hydrogen-bond acceptors (Lipinski definition) is 5. The van der Waals surface area contributed by atoms with Crippen molar-refractivity contribution in [1.82, 2.24) is 29.6 Å². The Hall–Kier alpha value is -2.58. The van der Waals surface area contributed by atoms with Crippen molar-refractivity contribution < 1.29 is 9.18 Å². The van der Waals surface area contributed by atoms with Crippen molar-refractivity contribution in [1.29, 1.82) is 0 Å². The van der Waals surface area contributed by atoms with Crippen LogP contribution in [0.3, 0.4) is 0 Å². The number of aromatic nitrogens is 5. The molecule has 2 atom stereocenters. The van der Waals surface area contributed by atoms with Gasteiger partial charge in [-0.05, 0) is 37.5 Å². The van der Waals surface area contributed by atoms with E-state index in [1.54, 1.807) is 18.2 Å². The minimum Gasteiger partial charge on any atom is -0.324 e. The molecule has 3 aromatic rings. The van der Waals surface area contributed by atoms with Crippen LogP contribution in [0.2, 0.25) is 10.0 Å². The first-order valence-electron chi connectivity index (χ1n) is 9.21. The molecule has 1 saturated heterocycles. The molecule has 1 aromatic carbocycles. The van der Waals surface area contributed by atoms with Gasteiger partial charge in [0.05, 0.1) is 35.1 Å². The highest BCUT2D eigenvalue weighted by Gasteiger charge is 2.43. The average Bonchev–Trinajstić information content (AvgIpc) is 3.11. The summed E-state index contributed by atoms with van der Waals surface area (Å²) in [4.78, 5) is 23.3. The monoisotopic (exact) mass is 432 g/mol. The van der Waals surface area contributed by atoms with Crippen LogP contribution >= 0.6 is 23.2 Å². The largest absolute Gasteiger partial charge is 0.324 e. The minimum atomic E-state index is -0.513. The smallest absolute Gasteiger partial charge is 0.256 e. The summed E-state index contributed by atoms with van der Waals surface area (Å²) in [5.74, 6) is 0.815. The Morgan fingerprint density at radius 1 is 1.14 bits per heavy atom. The number of amides is 1. The van der Waals surface area contributed by atoms with Crippen LogP contribution in [0, 0.1) is 5.82 Å². The van der Waals surface area contributed by atoms with Crippen LogP contribution in [0.15, 0.2) is 30.6 Å². The van der Waals surface area contributed by atoms with E-state index in [4.69, 9.17) is 23.2 Å². The van der Waals surface area contributed by atoms with E-state index in [-0.39, 0.29) is 18.0 Å². The molecule has 0 unspecified atom stereocenters. The Bertz CT molecular complexity index is 1100. The number of benzene rings is 1. The van der Waals surface area contributed by atoms with E-state index < -0.39 is 5.82 Å². The second-order valence-electron chi connectivity index (χ2n) is 7.15. The van der Waals surface area contributed by atoms with E-state index in [1.165, 1.54) is 0 Å². The lowest BCUT2D eigenvalue weighted by Gasteiger charge is -2.45. The molecule has 2 bridgehead atoms. The quantitative estimate of drug-likeness (QED) is 0.612. The molecule has 2 aromatic heterocycles. The van der Waals surface area contributed by atoms with Crippen LogP contribution in [0.1, 0.15) is 41.5 Å². The summed E-state index contributed by atoms with van der Waals surface area (Å²) >= 11 is 12.3. The Morgan fingerprint density at radius 3 is 2.69 bits per heavy atom. The molecular formula is C19H15Cl2FN6O. The number of halogens is 3. The third-order valence-electron chi connectivity index (χ3n) is 5.43. The van der Waals surface area contributed by atoms with Crippen molar-refractivity contribution in [3.05, 3.63) is 57.8 Å². The van der Waals surface area contributed by atoms with Crippen LogP contribution in [0.25, 0.3) is 11.6 Å². The Labute approximate surface area is 175 Å². The summed E-state index contributed by atoms with van der Waals surface area (Å²) in [6.45, 7) is 0.520. The molecule has 7 nitrogen and oxygen atoms in total. The molecule has 2 aliphatic heterocycles. The van der Waals surface area contributed by atoms with Crippen LogP contribution in [-0.4, -0.2) is 41.6 Å². The normalized spacial score (nSPS) is 20.4. The number of rotatable bonds is 2. The van der Waals surface area contributed by atoms with Gasteiger partial charge < -0.3 is 9.47 Å². The number of fused-ring (bicyclic) bond motifs is 4. The van der Waals surface area contributed by atoms with Gasteiger partial charge in [0.2, 0.25) is 5.82 Å². The molecule has 1 amide bonds. The van der Waals surface area contributed by atoms with E-state index >= 15 is 0 Å². The SMILES string of the molecule is O=C(c1ccc(Cl)cc1Cl)N1[C@@H]2CCC[C@@H]1c1nnc(-c3ncc(F)cn3)n1C2. The van der Waals surface area contributed by atoms with Gasteiger partial charge in [-0.25, -0.2) is 14.4 Å². The van der Waals surface area contributed by atoms with Gasteiger partial charge in [0.15, 0.2) is 17.5 Å². The van der Waals surface area contributed by atoms with Crippen LogP contribution < -0.4 is 0 Å². The highest BCUT2D eigenvalue weighted by molar-refractivity contribution is 6.36. The molecule has 0 spiro atoms. The van der Waals surface area contributed by atoms with Gasteiger partial charge in [0, 0.05) is 11.6 Å². The third kappa shape index (κ3) is 3.07. The van der Waals surface area contributed by atoms with Gasteiger partial charge in [-0.1, -0.05) is 23.2 Å². The van der Waals surface area contributed by atoms with Crippen molar-refractivity contribution in [2.75, 3.05) is 0 Å². The summed E-state index contributed by atoms with van der Waals surface area (Å²) in [5.41, 5.74) is 0.419. The van der Waals surface area contributed by atoms with Crippen molar-refractivity contribution in [2.24, 2.45) is 0 Å². The van der Waals surface area contributed by atoms with Gasteiger partial charge in [-0.3, -0.25) is 4.79 Å². The molecule has 4 heterocycles. The van der Waals surface area contributed by atoms with Crippen LogP contribution in [0.4, 0.5) is 4.39 Å². The molecule has 29 heavy (non-hydrogen) atoms. The van der Waals surface area contributed by atoms with Gasteiger partial charge in [0.25, 0.3) is 5.91 Å². The highest BCUT2D eigenvalue weighted by Crippen LogP contribution is 2.41. The minimum absolute atomic E-state index is 0.0318. The lowest BCUT2D eigenvalue weighted by Crippen LogP contribution is -2.52. The topological polar surface area (TPSA) is 76.8 Å². The Balaban J connectivity index is 1.54. The van der Waals surface area contributed by atoms with Crippen molar-refractivity contribution >= 4 is 29.1 Å². The number of nitrogens with zero attached hydrogens (tertiary/aromatic N) is 6. The number of carbonyl (C=O) groups is 1. The fourth-order valence-electron chi connectivity index (χ4n) is 4.17. The zero-order valence-electron chi connectivity index (χ0n) is 15.1. The molecule has 5 rings (SSSR count). The predicted octanol–water partition coefficient (Wildman–Crippen LogP) is 3.93. The number of hydrogen-bond donors (Lipinski definition) is 0. The van der Waals surface area contributed by atoms with E-state index in [1.807, 2.05) is 9.47 Å². The molecule has 0 saturated carbocycles. The Kier molecular flexibility index (Phi) is 4.48. The predicted molar refractivity (Wildman–Crippen MR) is 104 cm³/mol. The zero-order valence-corrected chi connectivity index (χ0v) is 16.6. The van der Waals surface area contributed by atoms with Gasteiger partial charge in [-0.2, -0.15) is 0 Å². The first-order chi connectivity index (χ1) is 14.0. The Morgan fingerprint density at radius 2 is 1.93 bits per heavy atom. The van der Waals surface area contributed by atoms with Gasteiger partial charge in [-0.15, -0.1) is 10.2 Å². The lowest BCUT2D eigenvalue weighted by molar-refractivity contribution is 0.0289. The standard InChI is InChI=1S/C19H15Cl2FN6O/c20-10-4-5-13(14(21)6-10)19(29)28-12-2-1-3-15(28)17-25-26-18(27(17)9-12)16-23-7-11(22)8-24-16/h4-8,12,15H,1-3,9H2/t12-,15-/m1/s1. The van der Waals surface area contributed by atoms with Crippen molar-refractivity contribution in [3.8, 4) is 11.6 Å². The molecule has 0 N–H and O–H groups in total. The summed E-state index contributed by atoms with van der Waals surface area (Å²) in [7, 11) is 0. The first kappa shape index (κ1) is 18.4. The van der Waals surface area contributed by atoms with E-state index in [0.29, 0.717) is 39.6 Å². The molecular weight excluding hydrogens is 418 g/mol. The molecule has 0 aliphatic carbocycles. The maximum Gasteiger partial charge on any atom is 0.256 e. The molecule has 1 fully saturated rings. The third-order valence-corrected chi connectivity index (χ3v) is 5.98. The summed E-state index contributed by atoms with van der Waals surface area (Å²) in [5, 5.41) is 9.38. The zero-order chi connectivity index (χ0) is 20.1. The van der Waals surface area contributed by atoms with Crippen LogP contribution in [-0.2, 0) is 6.54 Å². The maximum atomic E-state index is 13.3. The van der Waals surface area contributed by atoms with Crippen molar-refractivity contribution in [2.45, 2.75) is 37.9 Å². The van der Waals surface area contributed by atoms with Gasteiger partial charge in [0.1, 0.15) is 0 Å². The fourth-order valence-corrected chi connectivity index (χ4v) is 4.66. The molecule has 10 heteroatoms. The summed E-state index contributed by atoms with van der Waals surface area (Å²) in [6.07, 6.45) is 4.82. The van der Waals surface area contributed by atoms with E-state index in [9.17, 15) is 9.18 Å².